The largest absolute Gasteiger partial charge is 0.492 e. The minimum absolute atomic E-state index is 0.119. The second-order valence-electron chi connectivity index (χ2n) is 8.48. The molecule has 0 aliphatic rings. The SMILES string of the molecule is CCNC(=O)C(CC)N(CCc1ccccc1)C(=O)CCCN(c1ccccc1OCC)S(C)(=O)=O. The summed E-state index contributed by atoms with van der Waals surface area (Å²) >= 11 is 0. The van der Waals surface area contributed by atoms with Gasteiger partial charge in [0, 0.05) is 26.1 Å². The molecule has 8 nitrogen and oxygen atoms in total. The zero-order chi connectivity index (χ0) is 26.6. The molecule has 0 aliphatic carbocycles. The third-order valence-electron chi connectivity index (χ3n) is 5.81. The van der Waals surface area contributed by atoms with Gasteiger partial charge in [0.15, 0.2) is 0 Å². The summed E-state index contributed by atoms with van der Waals surface area (Å²) in [4.78, 5) is 27.7. The highest BCUT2D eigenvalue weighted by molar-refractivity contribution is 7.92. The summed E-state index contributed by atoms with van der Waals surface area (Å²) in [5.74, 6) is 0.129. The molecule has 2 rings (SSSR count). The minimum Gasteiger partial charge on any atom is -0.492 e. The van der Waals surface area contributed by atoms with E-state index in [0.29, 0.717) is 50.4 Å². The maximum atomic E-state index is 13.4. The highest BCUT2D eigenvalue weighted by Gasteiger charge is 2.28. The van der Waals surface area contributed by atoms with Gasteiger partial charge in [0.1, 0.15) is 11.8 Å². The molecule has 0 aliphatic heterocycles. The Morgan fingerprint density at radius 1 is 0.972 bits per heavy atom. The first-order valence-electron chi connectivity index (χ1n) is 12.5. The van der Waals surface area contributed by atoms with Crippen molar-refractivity contribution in [3.05, 3.63) is 60.2 Å². The zero-order valence-corrected chi connectivity index (χ0v) is 22.6. The maximum Gasteiger partial charge on any atom is 0.242 e. The fourth-order valence-electron chi connectivity index (χ4n) is 4.11. The van der Waals surface area contributed by atoms with Crippen molar-refractivity contribution in [3.8, 4) is 5.75 Å². The summed E-state index contributed by atoms with van der Waals surface area (Å²) in [6, 6.07) is 16.2. The third-order valence-corrected chi connectivity index (χ3v) is 6.99. The first kappa shape index (κ1) is 29.2. The molecule has 0 heterocycles. The van der Waals surface area contributed by atoms with E-state index < -0.39 is 16.1 Å². The first-order chi connectivity index (χ1) is 17.2. The van der Waals surface area contributed by atoms with Gasteiger partial charge in [-0.15, -0.1) is 0 Å². The molecule has 36 heavy (non-hydrogen) atoms. The lowest BCUT2D eigenvalue weighted by Crippen LogP contribution is -2.50. The van der Waals surface area contributed by atoms with E-state index in [1.807, 2.05) is 51.1 Å². The highest BCUT2D eigenvalue weighted by atomic mass is 32.2. The van der Waals surface area contributed by atoms with Crippen molar-refractivity contribution in [2.24, 2.45) is 0 Å². The van der Waals surface area contributed by atoms with Crippen LogP contribution in [0.2, 0.25) is 0 Å². The van der Waals surface area contributed by atoms with Gasteiger partial charge >= 0.3 is 0 Å². The average Bonchev–Trinajstić information content (AvgIpc) is 2.85. The molecule has 1 atom stereocenters. The van der Waals surface area contributed by atoms with E-state index >= 15 is 0 Å². The van der Waals surface area contributed by atoms with Gasteiger partial charge < -0.3 is 15.0 Å². The highest BCUT2D eigenvalue weighted by Crippen LogP contribution is 2.30. The van der Waals surface area contributed by atoms with E-state index in [0.717, 1.165) is 11.8 Å². The van der Waals surface area contributed by atoms with Crippen molar-refractivity contribution in [2.45, 2.75) is 52.5 Å². The predicted octanol–water partition coefficient (Wildman–Crippen LogP) is 3.62. The molecule has 2 aromatic rings. The Labute approximate surface area is 215 Å². The number of anilines is 1. The van der Waals surface area contributed by atoms with Crippen molar-refractivity contribution in [2.75, 3.05) is 36.8 Å². The second kappa shape index (κ2) is 14.5. The number of likely N-dealkylation sites (N-methyl/N-ethyl adjacent to an activating group) is 1. The Balaban J connectivity index is 2.17. The molecule has 0 radical (unpaired) electrons. The Kier molecular flexibility index (Phi) is 11.7. The van der Waals surface area contributed by atoms with Gasteiger partial charge in [-0.3, -0.25) is 13.9 Å². The Morgan fingerprint density at radius 3 is 2.25 bits per heavy atom. The minimum atomic E-state index is -3.60. The Morgan fingerprint density at radius 2 is 1.64 bits per heavy atom. The predicted molar refractivity (Wildman–Crippen MR) is 144 cm³/mol. The second-order valence-corrected chi connectivity index (χ2v) is 10.4. The summed E-state index contributed by atoms with van der Waals surface area (Å²) in [6.07, 6.45) is 2.68. The van der Waals surface area contributed by atoms with Gasteiger partial charge in [-0.2, -0.15) is 0 Å². The number of ether oxygens (including phenoxy) is 1. The topological polar surface area (TPSA) is 96.0 Å². The molecule has 0 saturated heterocycles. The van der Waals surface area contributed by atoms with Crippen LogP contribution in [0.3, 0.4) is 0 Å². The van der Waals surface area contributed by atoms with Crippen LogP contribution in [-0.4, -0.2) is 63.7 Å². The van der Waals surface area contributed by atoms with Crippen LogP contribution in [0.1, 0.15) is 45.6 Å². The van der Waals surface area contributed by atoms with Crippen molar-refractivity contribution >= 4 is 27.5 Å². The summed E-state index contributed by atoms with van der Waals surface area (Å²) in [5.41, 5.74) is 1.53. The van der Waals surface area contributed by atoms with Gasteiger partial charge in [0.25, 0.3) is 0 Å². The van der Waals surface area contributed by atoms with Crippen LogP contribution < -0.4 is 14.4 Å². The smallest absolute Gasteiger partial charge is 0.242 e. The number of nitrogens with zero attached hydrogens (tertiary/aromatic N) is 2. The standard InChI is InChI=1S/C27H39N3O5S/c1-5-23(27(32)28-6-2)29(21-19-22-14-9-8-10-15-22)26(31)18-13-20-30(36(4,33)34)24-16-11-12-17-25(24)35-7-3/h8-12,14-17,23H,5-7,13,18-21H2,1-4H3,(H,28,32). The quantitative estimate of drug-likeness (QED) is 0.389. The van der Waals surface area contributed by atoms with Gasteiger partial charge in [0.05, 0.1) is 18.6 Å². The van der Waals surface area contributed by atoms with E-state index in [2.05, 4.69) is 5.32 Å². The lowest BCUT2D eigenvalue weighted by molar-refractivity contribution is -0.140. The summed E-state index contributed by atoms with van der Waals surface area (Å²) in [6.45, 7) is 6.99. The number of benzene rings is 2. The Bertz CT molecular complexity index is 1080. The monoisotopic (exact) mass is 517 g/mol. The summed E-state index contributed by atoms with van der Waals surface area (Å²) in [7, 11) is -3.60. The van der Waals surface area contributed by atoms with Crippen molar-refractivity contribution < 1.29 is 22.7 Å². The lowest BCUT2D eigenvalue weighted by Gasteiger charge is -2.31. The number of nitrogens with one attached hydrogen (secondary N) is 1. The number of hydrogen-bond donors (Lipinski definition) is 1. The molecule has 0 spiro atoms. The molecule has 0 aromatic heterocycles. The van der Waals surface area contributed by atoms with Gasteiger partial charge in [-0.25, -0.2) is 8.42 Å². The van der Waals surface area contributed by atoms with Crippen molar-refractivity contribution in [1.82, 2.24) is 10.2 Å². The molecule has 198 valence electrons. The molecule has 2 aromatic carbocycles. The number of carbonyl (C=O) groups is 2. The van der Waals surface area contributed by atoms with E-state index in [-0.39, 0.29) is 24.8 Å². The molecule has 0 bridgehead atoms. The maximum absolute atomic E-state index is 13.4. The first-order valence-corrected chi connectivity index (χ1v) is 14.4. The molecule has 2 amide bonds. The number of amides is 2. The van der Waals surface area contributed by atoms with Crippen LogP contribution in [0, 0.1) is 0 Å². The van der Waals surface area contributed by atoms with Crippen molar-refractivity contribution in [3.63, 3.8) is 0 Å². The van der Waals surface area contributed by atoms with Crippen LogP contribution in [0.25, 0.3) is 0 Å². The van der Waals surface area contributed by atoms with Crippen LogP contribution >= 0.6 is 0 Å². The molecule has 1 N–H and O–H groups in total. The fourth-order valence-corrected chi connectivity index (χ4v) is 5.08. The molecule has 1 unspecified atom stereocenters. The van der Waals surface area contributed by atoms with Crippen molar-refractivity contribution in [1.29, 1.82) is 0 Å². The lowest BCUT2D eigenvalue weighted by atomic mass is 10.1. The Hall–Kier alpha value is -3.07. The fraction of sp³-hybridized carbons (Fsp3) is 0.481. The molecule has 0 saturated carbocycles. The number of para-hydroxylation sites is 2. The molecule has 0 fully saturated rings. The van der Waals surface area contributed by atoms with E-state index in [1.165, 1.54) is 4.31 Å². The summed E-state index contributed by atoms with van der Waals surface area (Å²) in [5, 5.41) is 2.83. The van der Waals surface area contributed by atoms with E-state index in [1.54, 1.807) is 29.2 Å². The van der Waals surface area contributed by atoms with Gasteiger partial charge in [-0.1, -0.05) is 49.4 Å². The van der Waals surface area contributed by atoms with Gasteiger partial charge in [-0.05, 0) is 50.8 Å². The average molecular weight is 518 g/mol. The summed E-state index contributed by atoms with van der Waals surface area (Å²) < 4.78 is 32.1. The molecular formula is C27H39N3O5S. The third kappa shape index (κ3) is 8.55. The number of rotatable bonds is 15. The molecular weight excluding hydrogens is 478 g/mol. The zero-order valence-electron chi connectivity index (χ0n) is 21.8. The normalized spacial score (nSPS) is 12.0. The van der Waals surface area contributed by atoms with E-state index in [9.17, 15) is 18.0 Å². The van der Waals surface area contributed by atoms with Crippen LogP contribution in [0.4, 0.5) is 5.69 Å². The van der Waals surface area contributed by atoms with Crippen LogP contribution in [-0.2, 0) is 26.0 Å². The van der Waals surface area contributed by atoms with Crippen LogP contribution in [0.15, 0.2) is 54.6 Å². The number of carbonyl (C=O) groups excluding carboxylic acids is 2. The van der Waals surface area contributed by atoms with Crippen LogP contribution in [0.5, 0.6) is 5.75 Å². The van der Waals surface area contributed by atoms with Gasteiger partial charge in [0.2, 0.25) is 21.8 Å². The molecule has 9 heteroatoms. The number of sulfonamides is 1. The van der Waals surface area contributed by atoms with E-state index in [4.69, 9.17) is 4.74 Å². The number of hydrogen-bond acceptors (Lipinski definition) is 5.